The first-order chi connectivity index (χ1) is 18.3. The fraction of sp³-hybridized carbons (Fsp3) is 0.250. The van der Waals surface area contributed by atoms with Crippen molar-refractivity contribution in [2.24, 2.45) is 0 Å². The van der Waals surface area contributed by atoms with E-state index in [0.717, 1.165) is 22.9 Å². The van der Waals surface area contributed by atoms with Gasteiger partial charge in [0.2, 0.25) is 0 Å². The molecule has 0 unspecified atom stereocenters. The van der Waals surface area contributed by atoms with Crippen molar-refractivity contribution in [3.63, 3.8) is 0 Å². The number of hydrogen-bond acceptors (Lipinski definition) is 6. The first kappa shape index (κ1) is 27.2. The molecule has 0 aromatic heterocycles. The normalized spacial score (nSPS) is 13.9. The van der Waals surface area contributed by atoms with Crippen LogP contribution in [0, 0.1) is 0 Å². The van der Waals surface area contributed by atoms with E-state index in [1.165, 1.54) is 14.2 Å². The van der Waals surface area contributed by atoms with Crippen LogP contribution in [0.3, 0.4) is 0 Å². The zero-order valence-corrected chi connectivity index (χ0v) is 22.7. The number of hydroxylamine groups is 3. The van der Waals surface area contributed by atoms with Crippen LogP contribution in [0.5, 0.6) is 11.5 Å². The van der Waals surface area contributed by atoms with Crippen LogP contribution in [0.15, 0.2) is 71.2 Å². The maximum Gasteiger partial charge on any atom is 0.359 e. The minimum atomic E-state index is -0.435. The number of urea groups is 1. The number of halogens is 1. The second-order valence-electron chi connectivity index (χ2n) is 8.82. The number of ether oxygens (including phenoxy) is 2. The van der Waals surface area contributed by atoms with Gasteiger partial charge in [-0.05, 0) is 70.0 Å². The van der Waals surface area contributed by atoms with Crippen LogP contribution >= 0.6 is 15.9 Å². The largest absolute Gasteiger partial charge is 0.495 e. The Kier molecular flexibility index (Phi) is 8.65. The number of anilines is 2. The lowest BCUT2D eigenvalue weighted by atomic mass is 10.1. The summed E-state index contributed by atoms with van der Waals surface area (Å²) in [6.45, 7) is 1.12. The maximum atomic E-state index is 13.5. The average Bonchev–Trinajstić information content (AvgIpc) is 3.40. The lowest BCUT2D eigenvalue weighted by molar-refractivity contribution is -1.00. The van der Waals surface area contributed by atoms with Crippen LogP contribution < -0.4 is 20.2 Å². The van der Waals surface area contributed by atoms with Gasteiger partial charge in [0.05, 0.1) is 37.6 Å². The van der Waals surface area contributed by atoms with E-state index in [0.29, 0.717) is 41.5 Å². The van der Waals surface area contributed by atoms with E-state index in [9.17, 15) is 14.4 Å². The van der Waals surface area contributed by atoms with Crippen LogP contribution in [0.2, 0.25) is 0 Å². The Balaban J connectivity index is 1.45. The third-order valence-corrected chi connectivity index (χ3v) is 6.98. The summed E-state index contributed by atoms with van der Waals surface area (Å²) < 4.78 is 10.9. The predicted octanol–water partition coefficient (Wildman–Crippen LogP) is 5.56. The summed E-state index contributed by atoms with van der Waals surface area (Å²) in [4.78, 5) is 44.0. The summed E-state index contributed by atoms with van der Waals surface area (Å²) in [5.41, 5.74) is 2.24. The lowest BCUT2D eigenvalue weighted by Crippen LogP contribution is -2.53. The van der Waals surface area contributed by atoms with Gasteiger partial charge in [-0.15, -0.1) is 0 Å². The van der Waals surface area contributed by atoms with Crippen molar-refractivity contribution in [1.29, 1.82) is 0 Å². The van der Waals surface area contributed by atoms with Crippen LogP contribution in [-0.4, -0.2) is 49.9 Å². The van der Waals surface area contributed by atoms with Crippen LogP contribution in [0.4, 0.5) is 16.2 Å². The van der Waals surface area contributed by atoms with Crippen LogP contribution in [0.25, 0.3) is 0 Å². The Morgan fingerprint density at radius 3 is 2.24 bits per heavy atom. The first-order valence-corrected chi connectivity index (χ1v) is 12.9. The Morgan fingerprint density at radius 1 is 0.895 bits per heavy atom. The summed E-state index contributed by atoms with van der Waals surface area (Å²) in [6, 6.07) is 18.7. The zero-order valence-electron chi connectivity index (χ0n) is 21.2. The molecule has 1 heterocycles. The van der Waals surface area contributed by atoms with E-state index in [2.05, 4.69) is 26.6 Å². The molecular weight excluding hydrogens is 554 g/mol. The lowest BCUT2D eigenvalue weighted by Gasteiger charge is -2.29. The van der Waals surface area contributed by atoms with Gasteiger partial charge in [-0.25, -0.2) is 14.4 Å². The molecule has 0 aliphatic carbocycles. The minimum Gasteiger partial charge on any atom is -0.495 e. The Labute approximate surface area is 229 Å². The molecule has 0 atom stereocenters. The van der Waals surface area contributed by atoms with Crippen molar-refractivity contribution in [2.45, 2.75) is 19.3 Å². The number of quaternary nitrogens is 1. The van der Waals surface area contributed by atoms with Gasteiger partial charge < -0.3 is 24.9 Å². The van der Waals surface area contributed by atoms with E-state index < -0.39 is 12.0 Å². The van der Waals surface area contributed by atoms with Crippen LogP contribution in [-0.2, 0) is 16.0 Å². The van der Waals surface area contributed by atoms with Gasteiger partial charge in [0.25, 0.3) is 0 Å². The number of carbonyl (C=O) groups is 3. The van der Waals surface area contributed by atoms with Gasteiger partial charge in [-0.2, -0.15) is 0 Å². The summed E-state index contributed by atoms with van der Waals surface area (Å²) in [6.07, 6.45) is 1.86. The van der Waals surface area contributed by atoms with E-state index >= 15 is 0 Å². The number of para-hydroxylation sites is 1. The van der Waals surface area contributed by atoms with Crippen molar-refractivity contribution >= 4 is 45.2 Å². The topological polar surface area (TPSA) is 103 Å². The molecule has 1 aliphatic heterocycles. The minimum absolute atomic E-state index is 0.0889. The molecule has 4 rings (SSSR count). The third kappa shape index (κ3) is 6.32. The molecule has 0 spiro atoms. The van der Waals surface area contributed by atoms with Crippen molar-refractivity contribution in [2.75, 3.05) is 37.9 Å². The number of carbonyl (C=O) groups excluding carboxylic acids is 3. The van der Waals surface area contributed by atoms with E-state index in [1.54, 1.807) is 48.5 Å². The molecule has 1 fully saturated rings. The molecule has 0 saturated carbocycles. The molecule has 38 heavy (non-hydrogen) atoms. The standard InChI is InChI=1S/C28H28BrN3O6/c1-36-25-17-19(9-14-24(25)31-28(35)30-23-8-4-3-7-22(23)29)18-26(33)32(15-5-6-16-32)38-21-12-10-20(11-13-21)27(34)37-2/h3-4,7-14,17H,5-6,15-16,18H2,1-2H3,(H-,30,31,35)/p+1. The number of nitrogens with one attached hydrogen (secondary N) is 2. The molecule has 9 nitrogen and oxygen atoms in total. The summed E-state index contributed by atoms with van der Waals surface area (Å²) in [5, 5.41) is 5.57. The fourth-order valence-electron chi connectivity index (χ4n) is 4.32. The fourth-order valence-corrected chi connectivity index (χ4v) is 4.70. The molecular formula is C28H29BrN3O6+. The van der Waals surface area contributed by atoms with E-state index in [-0.39, 0.29) is 17.0 Å². The second-order valence-corrected chi connectivity index (χ2v) is 9.67. The Hall–Kier alpha value is -3.89. The quantitative estimate of drug-likeness (QED) is 0.266. The highest BCUT2D eigenvalue weighted by atomic mass is 79.9. The van der Waals surface area contributed by atoms with Gasteiger partial charge in [0.15, 0.2) is 5.75 Å². The first-order valence-electron chi connectivity index (χ1n) is 12.1. The van der Waals surface area contributed by atoms with Gasteiger partial charge >= 0.3 is 17.9 Å². The second kappa shape index (κ2) is 12.1. The summed E-state index contributed by atoms with van der Waals surface area (Å²) in [7, 11) is 2.83. The van der Waals surface area contributed by atoms with Crippen LogP contribution in [0.1, 0.15) is 28.8 Å². The average molecular weight is 583 g/mol. The third-order valence-electron chi connectivity index (χ3n) is 6.29. The number of benzene rings is 3. The molecule has 198 valence electrons. The summed E-state index contributed by atoms with van der Waals surface area (Å²) in [5.74, 6) is 0.412. The highest BCUT2D eigenvalue weighted by molar-refractivity contribution is 9.10. The van der Waals surface area contributed by atoms with E-state index in [1.807, 2.05) is 18.2 Å². The number of amides is 3. The highest BCUT2D eigenvalue weighted by Crippen LogP contribution is 2.30. The number of methoxy groups -OCH3 is 2. The van der Waals surface area contributed by atoms with Gasteiger partial charge in [0, 0.05) is 17.3 Å². The van der Waals surface area contributed by atoms with E-state index in [4.69, 9.17) is 14.3 Å². The smallest absolute Gasteiger partial charge is 0.359 e. The van der Waals surface area contributed by atoms with Crippen molar-refractivity contribution in [3.8, 4) is 11.5 Å². The molecule has 1 aliphatic rings. The predicted molar refractivity (Wildman–Crippen MR) is 146 cm³/mol. The Morgan fingerprint density at radius 2 is 1.58 bits per heavy atom. The zero-order chi connectivity index (χ0) is 27.1. The number of esters is 1. The summed E-state index contributed by atoms with van der Waals surface area (Å²) >= 11 is 3.41. The van der Waals surface area contributed by atoms with Gasteiger partial charge in [0.1, 0.15) is 18.8 Å². The number of nitrogens with zero attached hydrogens (tertiary/aromatic N) is 1. The molecule has 0 bridgehead atoms. The molecule has 3 aromatic rings. The number of rotatable bonds is 8. The molecule has 1 saturated heterocycles. The molecule has 2 N–H and O–H groups in total. The van der Waals surface area contributed by atoms with Crippen molar-refractivity contribution in [3.05, 3.63) is 82.3 Å². The van der Waals surface area contributed by atoms with Gasteiger partial charge in [-0.3, -0.25) is 0 Å². The Bertz CT molecular complexity index is 1320. The molecule has 3 amide bonds. The van der Waals surface area contributed by atoms with Crippen molar-refractivity contribution < 1.29 is 33.3 Å². The molecule has 10 heteroatoms. The SMILES string of the molecule is COC(=O)c1ccc(O[N+]2(C(=O)Cc3ccc(NC(=O)Nc4ccccc4Br)c(OC)c3)CCCC2)cc1. The molecule has 0 radical (unpaired) electrons. The number of hydrogen-bond donors (Lipinski definition) is 2. The number of likely N-dealkylation sites (tertiary alicyclic amines) is 1. The van der Waals surface area contributed by atoms with Crippen molar-refractivity contribution in [1.82, 2.24) is 0 Å². The highest BCUT2D eigenvalue weighted by Gasteiger charge is 2.43. The van der Waals surface area contributed by atoms with Gasteiger partial charge in [-0.1, -0.05) is 22.8 Å². The monoisotopic (exact) mass is 582 g/mol. The molecule has 3 aromatic carbocycles. The maximum absolute atomic E-state index is 13.5.